The van der Waals surface area contributed by atoms with Crippen LogP contribution >= 0.6 is 0 Å². The third-order valence-corrected chi connectivity index (χ3v) is 3.00. The van der Waals surface area contributed by atoms with Gasteiger partial charge < -0.3 is 9.15 Å². The van der Waals surface area contributed by atoms with Crippen LogP contribution in [0.4, 0.5) is 0 Å². The van der Waals surface area contributed by atoms with E-state index in [-0.39, 0.29) is 18.6 Å². The lowest BCUT2D eigenvalue weighted by atomic mass is 10.1. The number of tetrazole rings is 1. The third-order valence-electron chi connectivity index (χ3n) is 3.00. The molecule has 0 saturated heterocycles. The number of aromatic nitrogens is 6. The first-order valence-electron chi connectivity index (χ1n) is 7.39. The predicted octanol–water partition coefficient (Wildman–Crippen LogP) is 1.65. The monoisotopic (exact) mass is 328 g/mol. The summed E-state index contributed by atoms with van der Waals surface area (Å²) in [5.74, 6) is 0.874. The van der Waals surface area contributed by atoms with Crippen molar-refractivity contribution in [2.45, 2.75) is 33.4 Å². The molecule has 0 bridgehead atoms. The Kier molecular flexibility index (Phi) is 4.32. The molecule has 124 valence electrons. The number of rotatable bonds is 5. The Balaban J connectivity index is 1.78. The van der Waals surface area contributed by atoms with Gasteiger partial charge in [0.15, 0.2) is 0 Å². The summed E-state index contributed by atoms with van der Waals surface area (Å²) >= 11 is 0. The molecule has 0 fully saturated rings. The van der Waals surface area contributed by atoms with Gasteiger partial charge in [0, 0.05) is 12.5 Å². The fraction of sp³-hybridized carbons (Fsp3) is 0.333. The number of nitrogens with zero attached hydrogens (tertiary/aromatic N) is 6. The first kappa shape index (κ1) is 15.8. The largest absolute Gasteiger partial charge is 0.459 e. The van der Waals surface area contributed by atoms with Crippen LogP contribution in [0.1, 0.15) is 36.0 Å². The molecular formula is C15H16N6O3. The summed E-state index contributed by atoms with van der Waals surface area (Å²) in [6, 6.07) is 6.89. The van der Waals surface area contributed by atoms with E-state index in [1.165, 1.54) is 4.80 Å². The highest BCUT2D eigenvalue weighted by Crippen LogP contribution is 2.16. The van der Waals surface area contributed by atoms with E-state index in [1.54, 1.807) is 45.0 Å². The molecule has 3 rings (SSSR count). The molecule has 0 atom stereocenters. The van der Waals surface area contributed by atoms with Crippen molar-refractivity contribution >= 4 is 5.97 Å². The second-order valence-corrected chi connectivity index (χ2v) is 5.39. The van der Waals surface area contributed by atoms with E-state index in [1.807, 2.05) is 0 Å². The van der Waals surface area contributed by atoms with Crippen molar-refractivity contribution in [3.05, 3.63) is 41.6 Å². The zero-order chi connectivity index (χ0) is 17.1. The third kappa shape index (κ3) is 3.62. The number of benzene rings is 1. The quantitative estimate of drug-likeness (QED) is 0.650. The van der Waals surface area contributed by atoms with Gasteiger partial charge in [-0.2, -0.15) is 4.80 Å². The van der Waals surface area contributed by atoms with Gasteiger partial charge in [0.1, 0.15) is 6.54 Å². The van der Waals surface area contributed by atoms with Crippen LogP contribution < -0.4 is 0 Å². The minimum Gasteiger partial charge on any atom is -0.459 e. The van der Waals surface area contributed by atoms with Gasteiger partial charge in [0.05, 0.1) is 11.7 Å². The molecule has 1 aromatic carbocycles. The van der Waals surface area contributed by atoms with E-state index in [0.717, 1.165) is 0 Å². The molecule has 0 radical (unpaired) electrons. The summed E-state index contributed by atoms with van der Waals surface area (Å²) in [7, 11) is 0. The van der Waals surface area contributed by atoms with Crippen molar-refractivity contribution in [3.8, 4) is 11.4 Å². The SMILES string of the molecule is Cc1nnc(Cn2nnc(-c3cccc(C(=O)OC(C)C)c3)n2)o1. The Morgan fingerprint density at radius 2 is 2.12 bits per heavy atom. The molecule has 9 nitrogen and oxygen atoms in total. The minimum atomic E-state index is -0.388. The van der Waals surface area contributed by atoms with Crippen LogP contribution in [0.3, 0.4) is 0 Å². The van der Waals surface area contributed by atoms with E-state index < -0.39 is 0 Å². The maximum Gasteiger partial charge on any atom is 0.338 e. The zero-order valence-corrected chi connectivity index (χ0v) is 13.5. The molecule has 0 unspecified atom stereocenters. The standard InChI is InChI=1S/C15H16N6O3/c1-9(2)23-15(22)12-6-4-5-11(7-12)14-18-20-21(19-14)8-13-17-16-10(3)24-13/h4-7,9H,8H2,1-3H3. The zero-order valence-electron chi connectivity index (χ0n) is 13.5. The maximum atomic E-state index is 12.0. The van der Waals surface area contributed by atoms with Crippen molar-refractivity contribution in [3.63, 3.8) is 0 Å². The van der Waals surface area contributed by atoms with Crippen molar-refractivity contribution in [2.75, 3.05) is 0 Å². The molecule has 0 aliphatic carbocycles. The molecule has 0 spiro atoms. The Morgan fingerprint density at radius 1 is 1.29 bits per heavy atom. The first-order chi connectivity index (χ1) is 11.5. The van der Waals surface area contributed by atoms with E-state index in [0.29, 0.717) is 28.7 Å². The van der Waals surface area contributed by atoms with Gasteiger partial charge in [-0.1, -0.05) is 12.1 Å². The maximum absolute atomic E-state index is 12.0. The number of carbonyl (C=O) groups is 1. The predicted molar refractivity (Wildman–Crippen MR) is 81.9 cm³/mol. The number of esters is 1. The number of carbonyl (C=O) groups excluding carboxylic acids is 1. The molecule has 0 aliphatic heterocycles. The Bertz CT molecular complexity index is 854. The minimum absolute atomic E-state index is 0.182. The average molecular weight is 328 g/mol. The van der Waals surface area contributed by atoms with Crippen LogP contribution in [0.25, 0.3) is 11.4 Å². The second kappa shape index (κ2) is 6.57. The van der Waals surface area contributed by atoms with Crippen LogP contribution in [0.2, 0.25) is 0 Å². The molecule has 9 heteroatoms. The fourth-order valence-corrected chi connectivity index (χ4v) is 2.02. The Hall–Kier alpha value is -3.10. The highest BCUT2D eigenvalue weighted by Gasteiger charge is 2.13. The van der Waals surface area contributed by atoms with Gasteiger partial charge >= 0.3 is 5.97 Å². The lowest BCUT2D eigenvalue weighted by Crippen LogP contribution is -2.11. The van der Waals surface area contributed by atoms with Crippen LogP contribution in [0.5, 0.6) is 0 Å². The van der Waals surface area contributed by atoms with Crippen molar-refractivity contribution < 1.29 is 13.9 Å². The molecule has 2 heterocycles. The molecule has 0 aliphatic rings. The molecule has 0 saturated carbocycles. The van der Waals surface area contributed by atoms with Gasteiger partial charge in [-0.3, -0.25) is 0 Å². The highest BCUT2D eigenvalue weighted by molar-refractivity contribution is 5.90. The summed E-state index contributed by atoms with van der Waals surface area (Å²) < 4.78 is 10.5. The Labute approximate surface area is 137 Å². The van der Waals surface area contributed by atoms with E-state index in [4.69, 9.17) is 9.15 Å². The molecular weight excluding hydrogens is 312 g/mol. The molecule has 24 heavy (non-hydrogen) atoms. The smallest absolute Gasteiger partial charge is 0.338 e. The van der Waals surface area contributed by atoms with Gasteiger partial charge in [0.2, 0.25) is 17.6 Å². The van der Waals surface area contributed by atoms with E-state index in [9.17, 15) is 4.79 Å². The van der Waals surface area contributed by atoms with Crippen molar-refractivity contribution in [1.29, 1.82) is 0 Å². The molecule has 2 aromatic heterocycles. The number of ether oxygens (including phenoxy) is 1. The lowest BCUT2D eigenvalue weighted by Gasteiger charge is -2.08. The van der Waals surface area contributed by atoms with Crippen molar-refractivity contribution in [1.82, 2.24) is 30.4 Å². The summed E-state index contributed by atoms with van der Waals surface area (Å²) in [5, 5.41) is 19.8. The van der Waals surface area contributed by atoms with Crippen molar-refractivity contribution in [2.24, 2.45) is 0 Å². The summed E-state index contributed by atoms with van der Waals surface area (Å²) in [4.78, 5) is 13.3. The number of hydrogen-bond donors (Lipinski definition) is 0. The van der Waals surface area contributed by atoms with Gasteiger partial charge in [-0.15, -0.1) is 20.4 Å². The van der Waals surface area contributed by atoms with Gasteiger partial charge in [0.25, 0.3) is 0 Å². The van der Waals surface area contributed by atoms with E-state index >= 15 is 0 Å². The normalized spacial score (nSPS) is 11.0. The van der Waals surface area contributed by atoms with E-state index in [2.05, 4.69) is 25.6 Å². The molecule has 0 amide bonds. The van der Waals surface area contributed by atoms with Gasteiger partial charge in [-0.05, 0) is 31.2 Å². The summed E-state index contributed by atoms with van der Waals surface area (Å²) in [6.07, 6.45) is -0.182. The fourth-order valence-electron chi connectivity index (χ4n) is 2.02. The van der Waals surface area contributed by atoms with Crippen LogP contribution in [0.15, 0.2) is 28.7 Å². The number of aryl methyl sites for hydroxylation is 1. The topological polar surface area (TPSA) is 109 Å². The average Bonchev–Trinajstić information content (AvgIpc) is 3.16. The summed E-state index contributed by atoms with van der Waals surface area (Å²) in [6.45, 7) is 5.53. The molecule has 3 aromatic rings. The second-order valence-electron chi connectivity index (χ2n) is 5.39. The highest BCUT2D eigenvalue weighted by atomic mass is 16.5. The molecule has 0 N–H and O–H groups in total. The summed E-state index contributed by atoms with van der Waals surface area (Å²) in [5.41, 5.74) is 1.10. The Morgan fingerprint density at radius 3 is 2.83 bits per heavy atom. The van der Waals surface area contributed by atoms with Gasteiger partial charge in [-0.25, -0.2) is 4.79 Å². The van der Waals surface area contributed by atoms with Crippen LogP contribution in [-0.4, -0.2) is 42.5 Å². The van der Waals surface area contributed by atoms with Crippen LogP contribution in [-0.2, 0) is 11.3 Å². The number of hydrogen-bond acceptors (Lipinski definition) is 8. The lowest BCUT2D eigenvalue weighted by molar-refractivity contribution is 0.0378. The first-order valence-corrected chi connectivity index (χ1v) is 7.39. The van der Waals surface area contributed by atoms with Crippen LogP contribution in [0, 0.1) is 6.92 Å².